The monoisotopic (exact) mass is 317 g/mol. The standard InChI is InChI=1S/C14H14Cl2FNS/c1-8(2)18-7-10-3-4-13(19-10)9-5-11(15)14(17)12(16)6-9/h3-6,8,18H,7H2,1-2H3. The van der Waals surface area contributed by atoms with Gasteiger partial charge in [-0.2, -0.15) is 0 Å². The van der Waals surface area contributed by atoms with E-state index in [1.165, 1.54) is 4.88 Å². The molecule has 0 amide bonds. The minimum absolute atomic E-state index is 0.0535. The molecule has 0 aliphatic carbocycles. The fourth-order valence-electron chi connectivity index (χ4n) is 1.63. The second kappa shape index (κ2) is 6.23. The lowest BCUT2D eigenvalue weighted by molar-refractivity contribution is 0.593. The molecule has 0 fully saturated rings. The summed E-state index contributed by atoms with van der Waals surface area (Å²) in [4.78, 5) is 2.25. The summed E-state index contributed by atoms with van der Waals surface area (Å²) in [5, 5.41) is 3.46. The summed E-state index contributed by atoms with van der Waals surface area (Å²) < 4.78 is 13.4. The van der Waals surface area contributed by atoms with Gasteiger partial charge in [0.1, 0.15) is 0 Å². The van der Waals surface area contributed by atoms with Gasteiger partial charge >= 0.3 is 0 Å². The van der Waals surface area contributed by atoms with Crippen molar-refractivity contribution in [1.29, 1.82) is 0 Å². The molecule has 0 radical (unpaired) electrons. The topological polar surface area (TPSA) is 12.0 Å². The molecule has 0 spiro atoms. The lowest BCUT2D eigenvalue weighted by atomic mass is 10.2. The number of nitrogens with one attached hydrogen (secondary N) is 1. The van der Waals surface area contributed by atoms with Crippen molar-refractivity contribution in [2.45, 2.75) is 26.4 Å². The average molecular weight is 318 g/mol. The van der Waals surface area contributed by atoms with Gasteiger partial charge in [0.2, 0.25) is 0 Å². The van der Waals surface area contributed by atoms with E-state index >= 15 is 0 Å². The van der Waals surface area contributed by atoms with Crippen molar-refractivity contribution >= 4 is 34.5 Å². The predicted molar refractivity (Wildman–Crippen MR) is 81.7 cm³/mol. The second-order valence-electron chi connectivity index (χ2n) is 4.56. The molecule has 0 saturated carbocycles. The summed E-state index contributed by atoms with van der Waals surface area (Å²) in [7, 11) is 0. The Morgan fingerprint density at radius 3 is 2.42 bits per heavy atom. The van der Waals surface area contributed by atoms with Crippen molar-refractivity contribution in [1.82, 2.24) is 5.32 Å². The van der Waals surface area contributed by atoms with E-state index in [0.29, 0.717) is 6.04 Å². The van der Waals surface area contributed by atoms with E-state index in [0.717, 1.165) is 17.0 Å². The second-order valence-corrected chi connectivity index (χ2v) is 6.54. The third kappa shape index (κ3) is 3.69. The van der Waals surface area contributed by atoms with Crippen LogP contribution in [-0.4, -0.2) is 6.04 Å². The number of benzene rings is 1. The van der Waals surface area contributed by atoms with Gasteiger partial charge in [0.25, 0.3) is 0 Å². The third-order valence-electron chi connectivity index (χ3n) is 2.61. The fraction of sp³-hybridized carbons (Fsp3) is 0.286. The molecule has 1 nitrogen and oxygen atoms in total. The van der Waals surface area contributed by atoms with Crippen molar-refractivity contribution in [3.63, 3.8) is 0 Å². The molecule has 0 atom stereocenters. The molecule has 102 valence electrons. The molecule has 1 aromatic heterocycles. The smallest absolute Gasteiger partial charge is 0.160 e. The lowest BCUT2D eigenvalue weighted by Crippen LogP contribution is -2.21. The first-order chi connectivity index (χ1) is 8.97. The van der Waals surface area contributed by atoms with Gasteiger partial charge in [-0.3, -0.25) is 0 Å². The zero-order valence-electron chi connectivity index (χ0n) is 10.6. The zero-order valence-corrected chi connectivity index (χ0v) is 13.0. The van der Waals surface area contributed by atoms with Crippen molar-refractivity contribution in [3.05, 3.63) is 45.0 Å². The van der Waals surface area contributed by atoms with Gasteiger partial charge in [0, 0.05) is 22.3 Å². The van der Waals surface area contributed by atoms with Gasteiger partial charge < -0.3 is 5.32 Å². The molecule has 1 aromatic carbocycles. The maximum atomic E-state index is 13.4. The summed E-state index contributed by atoms with van der Waals surface area (Å²) in [6.07, 6.45) is 0. The number of thiophene rings is 1. The Labute approximate surface area is 126 Å². The van der Waals surface area contributed by atoms with Crippen LogP contribution in [0.1, 0.15) is 18.7 Å². The molecule has 2 rings (SSSR count). The Morgan fingerprint density at radius 1 is 1.21 bits per heavy atom. The highest BCUT2D eigenvalue weighted by molar-refractivity contribution is 7.15. The first-order valence-corrected chi connectivity index (χ1v) is 7.51. The van der Waals surface area contributed by atoms with Gasteiger partial charge in [0.15, 0.2) is 5.82 Å². The molecule has 1 N–H and O–H groups in total. The van der Waals surface area contributed by atoms with E-state index in [1.54, 1.807) is 23.5 Å². The molecule has 1 heterocycles. The summed E-state index contributed by atoms with van der Waals surface area (Å²) in [6, 6.07) is 7.71. The third-order valence-corrected chi connectivity index (χ3v) is 4.30. The van der Waals surface area contributed by atoms with Crippen LogP contribution in [-0.2, 0) is 6.54 Å². The Bertz CT molecular complexity index is 558. The van der Waals surface area contributed by atoms with E-state index in [1.807, 2.05) is 6.07 Å². The number of hydrogen-bond donors (Lipinski definition) is 1. The quantitative estimate of drug-likeness (QED) is 0.748. The van der Waals surface area contributed by atoms with Gasteiger partial charge in [-0.1, -0.05) is 37.0 Å². The highest BCUT2D eigenvalue weighted by Crippen LogP contribution is 2.34. The van der Waals surface area contributed by atoms with Crippen LogP contribution >= 0.6 is 34.5 Å². The highest BCUT2D eigenvalue weighted by Gasteiger charge is 2.10. The Kier molecular flexibility index (Phi) is 4.85. The van der Waals surface area contributed by atoms with E-state index < -0.39 is 5.82 Å². The average Bonchev–Trinajstić information content (AvgIpc) is 2.81. The lowest BCUT2D eigenvalue weighted by Gasteiger charge is -2.05. The highest BCUT2D eigenvalue weighted by atomic mass is 35.5. The Hall–Kier alpha value is -0.610. The fourth-order valence-corrected chi connectivity index (χ4v) is 3.06. The van der Waals surface area contributed by atoms with Crippen molar-refractivity contribution < 1.29 is 4.39 Å². The SMILES string of the molecule is CC(C)NCc1ccc(-c2cc(Cl)c(F)c(Cl)c2)s1. The minimum atomic E-state index is -0.565. The van der Waals surface area contributed by atoms with Gasteiger partial charge in [-0.25, -0.2) is 4.39 Å². The van der Waals surface area contributed by atoms with Crippen LogP contribution in [0.2, 0.25) is 10.0 Å². The van der Waals surface area contributed by atoms with E-state index in [9.17, 15) is 4.39 Å². The number of hydrogen-bond acceptors (Lipinski definition) is 2. The van der Waals surface area contributed by atoms with E-state index in [-0.39, 0.29) is 10.0 Å². The molecule has 0 unspecified atom stereocenters. The molecule has 19 heavy (non-hydrogen) atoms. The summed E-state index contributed by atoms with van der Waals surface area (Å²) in [5.74, 6) is -0.565. The van der Waals surface area contributed by atoms with E-state index in [4.69, 9.17) is 23.2 Å². The number of halogens is 3. The molecular weight excluding hydrogens is 304 g/mol. The molecule has 2 aromatic rings. The summed E-state index contributed by atoms with van der Waals surface area (Å²) in [5.41, 5.74) is 0.845. The van der Waals surface area contributed by atoms with Gasteiger partial charge in [-0.15, -0.1) is 11.3 Å². The largest absolute Gasteiger partial charge is 0.310 e. The molecule has 0 aliphatic rings. The van der Waals surface area contributed by atoms with Crippen LogP contribution in [0.25, 0.3) is 10.4 Å². The first kappa shape index (κ1) is 14.8. The van der Waals surface area contributed by atoms with Crippen molar-refractivity contribution in [2.24, 2.45) is 0 Å². The van der Waals surface area contributed by atoms with Crippen LogP contribution in [0.5, 0.6) is 0 Å². The van der Waals surface area contributed by atoms with Crippen molar-refractivity contribution in [2.75, 3.05) is 0 Å². The van der Waals surface area contributed by atoms with Crippen LogP contribution < -0.4 is 5.32 Å². The predicted octanol–water partition coefficient (Wildman–Crippen LogP) is 5.36. The minimum Gasteiger partial charge on any atom is -0.310 e. The van der Waals surface area contributed by atoms with Crippen LogP contribution in [0.3, 0.4) is 0 Å². The Morgan fingerprint density at radius 2 is 1.84 bits per heavy atom. The molecule has 0 saturated heterocycles. The maximum Gasteiger partial charge on any atom is 0.160 e. The first-order valence-electron chi connectivity index (χ1n) is 5.94. The Balaban J connectivity index is 2.23. The molecular formula is C14H14Cl2FNS. The molecule has 0 aliphatic heterocycles. The number of rotatable bonds is 4. The zero-order chi connectivity index (χ0) is 14.0. The summed E-state index contributed by atoms with van der Waals surface area (Å²) in [6.45, 7) is 5.03. The van der Waals surface area contributed by atoms with Crippen molar-refractivity contribution in [3.8, 4) is 10.4 Å². The van der Waals surface area contributed by atoms with Crippen LogP contribution in [0.15, 0.2) is 24.3 Å². The van der Waals surface area contributed by atoms with Gasteiger partial charge in [-0.05, 0) is 29.8 Å². The normalized spacial score (nSPS) is 11.3. The van der Waals surface area contributed by atoms with Gasteiger partial charge in [0.05, 0.1) is 10.0 Å². The van der Waals surface area contributed by atoms with Crippen LogP contribution in [0, 0.1) is 5.82 Å². The summed E-state index contributed by atoms with van der Waals surface area (Å²) >= 11 is 13.3. The van der Waals surface area contributed by atoms with Crippen LogP contribution in [0.4, 0.5) is 4.39 Å². The molecule has 0 bridgehead atoms. The van der Waals surface area contributed by atoms with E-state index in [2.05, 4.69) is 25.2 Å². The molecule has 5 heteroatoms. The maximum absolute atomic E-state index is 13.4.